The molecule has 8 nitrogen and oxygen atoms in total. The highest BCUT2D eigenvalue weighted by Gasteiger charge is 2.39. The Morgan fingerprint density at radius 2 is 1.72 bits per heavy atom. The lowest BCUT2D eigenvalue weighted by molar-refractivity contribution is -0.139. The number of para-hydroxylation sites is 1. The Morgan fingerprint density at radius 3 is 2.50 bits per heavy atom. The Kier molecular flexibility index (Phi) is 7.58. The lowest BCUT2D eigenvalue weighted by atomic mass is 9.90. The number of halogens is 1. The van der Waals surface area contributed by atoms with Crippen molar-refractivity contribution in [2.45, 2.75) is 26.4 Å². The van der Waals surface area contributed by atoms with Crippen LogP contribution in [0.3, 0.4) is 0 Å². The number of nitrogens with zero attached hydrogens (tertiary/aromatic N) is 3. The molecule has 1 amide bonds. The fourth-order valence-electron chi connectivity index (χ4n) is 6.30. The molecular formula is C36H28ClN3O5S. The number of anilines is 1. The van der Waals surface area contributed by atoms with Crippen LogP contribution >= 0.6 is 22.9 Å². The molecule has 0 aliphatic carbocycles. The first-order chi connectivity index (χ1) is 22.3. The molecule has 0 saturated heterocycles. The molecule has 3 heterocycles. The zero-order valence-electron chi connectivity index (χ0n) is 25.2. The van der Waals surface area contributed by atoms with E-state index in [9.17, 15) is 14.4 Å². The van der Waals surface area contributed by atoms with Crippen LogP contribution in [-0.4, -0.2) is 30.2 Å². The second-order valence-electron chi connectivity index (χ2n) is 10.9. The van der Waals surface area contributed by atoms with E-state index in [-0.39, 0.29) is 34.7 Å². The summed E-state index contributed by atoms with van der Waals surface area (Å²) in [4.78, 5) is 49.3. The van der Waals surface area contributed by atoms with E-state index < -0.39 is 17.6 Å². The zero-order chi connectivity index (χ0) is 32.1. The molecule has 2 aliphatic rings. The van der Waals surface area contributed by atoms with Gasteiger partial charge in [-0.15, -0.1) is 0 Å². The van der Waals surface area contributed by atoms with Gasteiger partial charge < -0.3 is 14.4 Å². The molecule has 0 bridgehead atoms. The lowest BCUT2D eigenvalue weighted by Crippen LogP contribution is -2.41. The van der Waals surface area contributed by atoms with Crippen molar-refractivity contribution < 1.29 is 19.1 Å². The molecule has 4 aromatic carbocycles. The van der Waals surface area contributed by atoms with Gasteiger partial charge in [0.25, 0.3) is 11.5 Å². The number of carbonyl (C=O) groups is 2. The Labute approximate surface area is 273 Å². The zero-order valence-corrected chi connectivity index (χ0v) is 26.8. The third-order valence-electron chi connectivity index (χ3n) is 8.35. The highest BCUT2D eigenvalue weighted by molar-refractivity contribution is 7.07. The van der Waals surface area contributed by atoms with Gasteiger partial charge in [0.1, 0.15) is 16.3 Å². The first kappa shape index (κ1) is 29.7. The van der Waals surface area contributed by atoms with E-state index in [0.29, 0.717) is 38.1 Å². The van der Waals surface area contributed by atoms with E-state index in [1.165, 1.54) is 4.57 Å². The summed E-state index contributed by atoms with van der Waals surface area (Å²) in [5.41, 5.74) is 3.26. The number of methoxy groups -OCH3 is 1. The molecule has 0 radical (unpaired) electrons. The number of esters is 1. The van der Waals surface area contributed by atoms with E-state index >= 15 is 0 Å². The normalized spacial score (nSPS) is 16.7. The molecular weight excluding hydrogens is 622 g/mol. The number of hydrogen-bond acceptors (Lipinski definition) is 7. The minimum atomic E-state index is -0.920. The van der Waals surface area contributed by atoms with Gasteiger partial charge in [0, 0.05) is 16.1 Å². The van der Waals surface area contributed by atoms with Gasteiger partial charge in [0.05, 0.1) is 42.8 Å². The van der Waals surface area contributed by atoms with E-state index in [1.807, 2.05) is 78.9 Å². The van der Waals surface area contributed by atoms with Crippen LogP contribution in [0.5, 0.6) is 5.75 Å². The second-order valence-corrected chi connectivity index (χ2v) is 12.3. The molecule has 1 atom stereocenters. The van der Waals surface area contributed by atoms with Crippen LogP contribution in [0.1, 0.15) is 36.6 Å². The maximum absolute atomic E-state index is 14.7. The average molecular weight is 650 g/mol. The summed E-state index contributed by atoms with van der Waals surface area (Å²) >= 11 is 7.61. The molecule has 2 aliphatic heterocycles. The number of ether oxygens (including phenoxy) is 2. The highest BCUT2D eigenvalue weighted by Crippen LogP contribution is 2.41. The van der Waals surface area contributed by atoms with Crippen LogP contribution in [0.15, 0.2) is 106 Å². The molecule has 0 N–H and O–H groups in total. The van der Waals surface area contributed by atoms with Crippen LogP contribution in [0.4, 0.5) is 5.69 Å². The van der Waals surface area contributed by atoms with Gasteiger partial charge >= 0.3 is 5.97 Å². The third kappa shape index (κ3) is 4.66. The van der Waals surface area contributed by atoms with Crippen molar-refractivity contribution in [3.8, 4) is 5.75 Å². The lowest BCUT2D eigenvalue weighted by Gasteiger charge is -2.27. The molecule has 46 heavy (non-hydrogen) atoms. The number of carbonyl (C=O) groups excluding carboxylic acids is 2. The Hall–Kier alpha value is -4.99. The standard InChI is InChI=1S/C36H28ClN3O5S/c1-4-45-35(43)28-20(2)38-36-40(31(28)29-23-13-7-5-11-21(23)17-18-27(29)44-3)34(42)32(46-36)30-24-14-8-10-16-26(24)39(33(30)41)19-22-12-6-9-15-25(22)37/h5-18,31H,4,19H2,1-3H3/b32-30+/t31-/m0/s1. The van der Waals surface area contributed by atoms with E-state index in [4.69, 9.17) is 26.1 Å². The van der Waals surface area contributed by atoms with E-state index in [0.717, 1.165) is 27.7 Å². The summed E-state index contributed by atoms with van der Waals surface area (Å²) in [6.07, 6.45) is 0. The average Bonchev–Trinajstić information content (AvgIpc) is 3.52. The molecule has 0 saturated carbocycles. The molecule has 0 fully saturated rings. The van der Waals surface area contributed by atoms with E-state index in [1.54, 1.807) is 31.9 Å². The molecule has 230 valence electrons. The third-order valence-corrected chi connectivity index (χ3v) is 9.78. The number of thiazole rings is 1. The van der Waals surface area contributed by atoms with Crippen LogP contribution in [0.2, 0.25) is 5.02 Å². The summed E-state index contributed by atoms with van der Waals surface area (Å²) in [6.45, 7) is 3.85. The number of aromatic nitrogens is 1. The van der Waals surface area contributed by atoms with Crippen molar-refractivity contribution >= 4 is 56.8 Å². The van der Waals surface area contributed by atoms with Crippen LogP contribution in [0, 0.1) is 0 Å². The maximum Gasteiger partial charge on any atom is 0.338 e. The Bertz CT molecular complexity index is 2300. The topological polar surface area (TPSA) is 90.2 Å². The van der Waals surface area contributed by atoms with Gasteiger partial charge in [0.15, 0.2) is 4.80 Å². The number of rotatable bonds is 6. The molecule has 7 rings (SSSR count). The van der Waals surface area contributed by atoms with Crippen LogP contribution in [0.25, 0.3) is 16.3 Å². The molecule has 1 aromatic heterocycles. The van der Waals surface area contributed by atoms with Crippen molar-refractivity contribution in [2.24, 2.45) is 4.99 Å². The molecule has 10 heteroatoms. The van der Waals surface area contributed by atoms with Crippen molar-refractivity contribution in [1.82, 2.24) is 4.57 Å². The quantitative estimate of drug-likeness (QED) is 0.226. The SMILES string of the molecule is CCOC(=O)C1=C(C)N=c2s/c(=C3/C(=O)N(Cc4ccccc4Cl)c4ccccc43)c(=O)n2[C@@H]1c1c(OC)ccc2ccccc12. The Balaban J connectivity index is 1.51. The van der Waals surface area contributed by atoms with Gasteiger partial charge in [0.2, 0.25) is 0 Å². The van der Waals surface area contributed by atoms with Crippen LogP contribution in [-0.2, 0) is 20.9 Å². The summed E-state index contributed by atoms with van der Waals surface area (Å²) in [7, 11) is 1.56. The maximum atomic E-state index is 14.7. The second kappa shape index (κ2) is 11.7. The van der Waals surface area contributed by atoms with Crippen LogP contribution < -0.4 is 24.5 Å². The van der Waals surface area contributed by atoms with Gasteiger partial charge in [-0.2, -0.15) is 0 Å². The largest absolute Gasteiger partial charge is 0.496 e. The van der Waals surface area contributed by atoms with Crippen molar-refractivity contribution in [2.75, 3.05) is 18.6 Å². The fourth-order valence-corrected chi connectivity index (χ4v) is 7.64. The van der Waals surface area contributed by atoms with Crippen molar-refractivity contribution in [3.63, 3.8) is 0 Å². The van der Waals surface area contributed by atoms with E-state index in [2.05, 4.69) is 0 Å². The molecule has 0 spiro atoms. The summed E-state index contributed by atoms with van der Waals surface area (Å²) in [5.74, 6) is -0.381. The summed E-state index contributed by atoms with van der Waals surface area (Å²) < 4.78 is 13.1. The van der Waals surface area contributed by atoms with Gasteiger partial charge in [-0.1, -0.05) is 89.7 Å². The number of benzene rings is 4. The summed E-state index contributed by atoms with van der Waals surface area (Å²) in [5, 5.41) is 2.28. The fraction of sp³-hybridized carbons (Fsp3) is 0.167. The van der Waals surface area contributed by atoms with Gasteiger partial charge in [-0.05, 0) is 48.4 Å². The molecule has 0 unspecified atom stereocenters. The summed E-state index contributed by atoms with van der Waals surface area (Å²) in [6, 6.07) is 25.4. The minimum Gasteiger partial charge on any atom is -0.496 e. The van der Waals surface area contributed by atoms with Crippen molar-refractivity contribution in [1.29, 1.82) is 0 Å². The predicted octanol–water partition coefficient (Wildman–Crippen LogP) is 5.53. The predicted molar refractivity (Wildman–Crippen MR) is 179 cm³/mol. The van der Waals surface area contributed by atoms with Crippen molar-refractivity contribution in [3.05, 3.63) is 138 Å². The first-order valence-corrected chi connectivity index (χ1v) is 16.0. The minimum absolute atomic E-state index is 0.149. The first-order valence-electron chi connectivity index (χ1n) is 14.8. The number of hydrogen-bond donors (Lipinski definition) is 0. The smallest absolute Gasteiger partial charge is 0.338 e. The highest BCUT2D eigenvalue weighted by atomic mass is 35.5. The van der Waals surface area contributed by atoms with Gasteiger partial charge in [-0.3, -0.25) is 14.2 Å². The number of amides is 1. The monoisotopic (exact) mass is 649 g/mol. The van der Waals surface area contributed by atoms with Gasteiger partial charge in [-0.25, -0.2) is 9.79 Å². The Morgan fingerprint density at radius 1 is 0.978 bits per heavy atom. The number of allylic oxidation sites excluding steroid dienone is 1. The number of fused-ring (bicyclic) bond motifs is 3. The molecule has 5 aromatic rings.